The Morgan fingerprint density at radius 1 is 1.41 bits per heavy atom. The van der Waals surface area contributed by atoms with E-state index in [1.54, 1.807) is 11.0 Å². The molecule has 22 heavy (non-hydrogen) atoms. The molecule has 2 saturated carbocycles. The Labute approximate surface area is 131 Å². The van der Waals surface area contributed by atoms with E-state index in [1.807, 2.05) is 0 Å². The van der Waals surface area contributed by atoms with E-state index in [1.165, 1.54) is 38.4 Å². The largest absolute Gasteiger partial charge is 0.378 e. The van der Waals surface area contributed by atoms with Crippen molar-refractivity contribution in [3.05, 3.63) is 12.7 Å². The van der Waals surface area contributed by atoms with Crippen molar-refractivity contribution in [2.45, 2.75) is 70.6 Å². The van der Waals surface area contributed by atoms with Crippen LogP contribution in [-0.2, 0) is 16.1 Å². The smallest absolute Gasteiger partial charge is 0.222 e. The zero-order chi connectivity index (χ0) is 15.4. The molecule has 6 heteroatoms. The number of rotatable bonds is 6. The zero-order valence-corrected chi connectivity index (χ0v) is 13.3. The van der Waals surface area contributed by atoms with Crippen molar-refractivity contribution in [1.29, 1.82) is 0 Å². The minimum absolute atomic E-state index is 0.111. The maximum Gasteiger partial charge on any atom is 0.222 e. The van der Waals surface area contributed by atoms with Gasteiger partial charge in [0.1, 0.15) is 12.7 Å². The summed E-state index contributed by atoms with van der Waals surface area (Å²) < 4.78 is 7.62. The number of aryl methyl sites for hydroxylation is 1. The second-order valence-corrected chi connectivity index (χ2v) is 6.50. The molecule has 0 bridgehead atoms. The minimum Gasteiger partial charge on any atom is -0.378 e. The first-order valence-electron chi connectivity index (χ1n) is 8.48. The number of aromatic nitrogens is 3. The molecule has 1 amide bonds. The van der Waals surface area contributed by atoms with Gasteiger partial charge in [0.2, 0.25) is 5.91 Å². The summed E-state index contributed by atoms with van der Waals surface area (Å²) in [6.07, 6.45) is 11.1. The number of amides is 1. The van der Waals surface area contributed by atoms with Crippen molar-refractivity contribution < 1.29 is 9.53 Å². The second kappa shape index (κ2) is 6.77. The van der Waals surface area contributed by atoms with E-state index < -0.39 is 0 Å². The molecular formula is C16H26N4O2. The third-order valence-electron chi connectivity index (χ3n) is 5.31. The van der Waals surface area contributed by atoms with Crippen molar-refractivity contribution >= 4 is 5.91 Å². The van der Waals surface area contributed by atoms with Gasteiger partial charge < -0.3 is 10.1 Å². The van der Waals surface area contributed by atoms with Gasteiger partial charge in [0.05, 0.1) is 12.6 Å². The first-order valence-corrected chi connectivity index (χ1v) is 8.48. The van der Waals surface area contributed by atoms with Crippen LogP contribution in [0.2, 0.25) is 0 Å². The number of hydrogen-bond donors (Lipinski definition) is 1. The maximum absolute atomic E-state index is 12.2. The summed E-state index contributed by atoms with van der Waals surface area (Å²) in [5, 5.41) is 7.27. The van der Waals surface area contributed by atoms with E-state index in [9.17, 15) is 4.79 Å². The van der Waals surface area contributed by atoms with Crippen molar-refractivity contribution in [3.63, 3.8) is 0 Å². The lowest BCUT2D eigenvalue weighted by Crippen LogP contribution is -2.65. The second-order valence-electron chi connectivity index (χ2n) is 6.50. The molecule has 2 aliphatic rings. The van der Waals surface area contributed by atoms with E-state index in [4.69, 9.17) is 4.74 Å². The lowest BCUT2D eigenvalue weighted by molar-refractivity contribution is -0.157. The monoisotopic (exact) mass is 306 g/mol. The number of carbonyl (C=O) groups is 1. The third-order valence-corrected chi connectivity index (χ3v) is 5.31. The van der Waals surface area contributed by atoms with Crippen LogP contribution >= 0.6 is 0 Å². The predicted molar refractivity (Wildman–Crippen MR) is 82.1 cm³/mol. The molecule has 0 unspecified atom stereocenters. The highest BCUT2D eigenvalue weighted by molar-refractivity contribution is 5.76. The van der Waals surface area contributed by atoms with Gasteiger partial charge in [-0.25, -0.2) is 4.98 Å². The molecule has 2 fully saturated rings. The van der Waals surface area contributed by atoms with Gasteiger partial charge in [0.15, 0.2) is 0 Å². The molecule has 6 nitrogen and oxygen atoms in total. The summed E-state index contributed by atoms with van der Waals surface area (Å²) >= 11 is 0. The average Bonchev–Trinajstić information content (AvgIpc) is 3.06. The van der Waals surface area contributed by atoms with Gasteiger partial charge in [0, 0.05) is 24.5 Å². The first kappa shape index (κ1) is 15.5. The standard InChI is InChI=1S/C16H26N4O2/c1-2-22-14-10-13(16(14)7-4-3-5-8-16)19-15(21)6-9-20-12-17-11-18-20/h11-14H,2-10H2,1H3,(H,19,21)/t13-,14+/m1/s1. The summed E-state index contributed by atoms with van der Waals surface area (Å²) in [5.41, 5.74) is 0.192. The summed E-state index contributed by atoms with van der Waals surface area (Å²) in [6, 6.07) is 0.285. The quantitative estimate of drug-likeness (QED) is 0.871. The molecule has 2 atom stereocenters. The molecule has 0 aromatic carbocycles. The first-order chi connectivity index (χ1) is 10.7. The lowest BCUT2D eigenvalue weighted by Gasteiger charge is -2.57. The minimum atomic E-state index is 0.111. The Morgan fingerprint density at radius 2 is 2.23 bits per heavy atom. The topological polar surface area (TPSA) is 69.0 Å². The number of nitrogens with one attached hydrogen (secondary N) is 1. The Bertz CT molecular complexity index is 482. The van der Waals surface area contributed by atoms with Crippen LogP contribution < -0.4 is 5.32 Å². The van der Waals surface area contributed by atoms with E-state index in [-0.39, 0.29) is 17.4 Å². The number of hydrogen-bond acceptors (Lipinski definition) is 4. The van der Waals surface area contributed by atoms with Crippen LogP contribution in [0, 0.1) is 5.41 Å². The maximum atomic E-state index is 12.2. The Kier molecular flexibility index (Phi) is 4.76. The molecule has 3 rings (SSSR count). The Hall–Kier alpha value is -1.43. The van der Waals surface area contributed by atoms with E-state index in [0.717, 1.165) is 13.0 Å². The van der Waals surface area contributed by atoms with Gasteiger partial charge >= 0.3 is 0 Å². The number of nitrogens with zero attached hydrogens (tertiary/aromatic N) is 3. The molecular weight excluding hydrogens is 280 g/mol. The molecule has 1 N–H and O–H groups in total. The predicted octanol–water partition coefficient (Wildman–Crippen LogP) is 1.91. The van der Waals surface area contributed by atoms with Crippen LogP contribution in [-0.4, -0.2) is 39.4 Å². The molecule has 0 aliphatic heterocycles. The summed E-state index contributed by atoms with van der Waals surface area (Å²) in [4.78, 5) is 16.1. The van der Waals surface area contributed by atoms with Gasteiger partial charge in [-0.1, -0.05) is 19.3 Å². The molecule has 1 spiro atoms. The van der Waals surface area contributed by atoms with Gasteiger partial charge in [-0.2, -0.15) is 5.10 Å². The molecule has 0 radical (unpaired) electrons. The van der Waals surface area contributed by atoms with Crippen LogP contribution in [0.3, 0.4) is 0 Å². The van der Waals surface area contributed by atoms with E-state index in [0.29, 0.717) is 19.1 Å². The summed E-state index contributed by atoms with van der Waals surface area (Å²) in [5.74, 6) is 0.111. The molecule has 0 saturated heterocycles. The zero-order valence-electron chi connectivity index (χ0n) is 13.3. The van der Waals surface area contributed by atoms with Crippen LogP contribution in [0.5, 0.6) is 0 Å². The summed E-state index contributed by atoms with van der Waals surface area (Å²) in [6.45, 7) is 3.40. The van der Waals surface area contributed by atoms with Crippen molar-refractivity contribution in [2.24, 2.45) is 5.41 Å². The number of carbonyl (C=O) groups excluding carboxylic acids is 1. The van der Waals surface area contributed by atoms with E-state index in [2.05, 4.69) is 22.3 Å². The summed E-state index contributed by atoms with van der Waals surface area (Å²) in [7, 11) is 0. The molecule has 1 heterocycles. The molecule has 1 aromatic rings. The van der Waals surface area contributed by atoms with Gasteiger partial charge in [0.25, 0.3) is 0 Å². The van der Waals surface area contributed by atoms with Crippen LogP contribution in [0.15, 0.2) is 12.7 Å². The molecule has 1 aromatic heterocycles. The van der Waals surface area contributed by atoms with Crippen LogP contribution in [0.1, 0.15) is 51.9 Å². The van der Waals surface area contributed by atoms with Crippen LogP contribution in [0.4, 0.5) is 0 Å². The van der Waals surface area contributed by atoms with Gasteiger partial charge in [-0.15, -0.1) is 0 Å². The fourth-order valence-electron chi connectivity index (χ4n) is 4.10. The Balaban J connectivity index is 1.53. The molecule has 2 aliphatic carbocycles. The van der Waals surface area contributed by atoms with Crippen molar-refractivity contribution in [3.8, 4) is 0 Å². The van der Waals surface area contributed by atoms with Crippen molar-refractivity contribution in [1.82, 2.24) is 20.1 Å². The molecule has 122 valence electrons. The fourth-order valence-corrected chi connectivity index (χ4v) is 4.10. The highest BCUT2D eigenvalue weighted by atomic mass is 16.5. The average molecular weight is 306 g/mol. The van der Waals surface area contributed by atoms with E-state index >= 15 is 0 Å². The Morgan fingerprint density at radius 3 is 2.91 bits per heavy atom. The van der Waals surface area contributed by atoms with Crippen LogP contribution in [0.25, 0.3) is 0 Å². The lowest BCUT2D eigenvalue weighted by atomic mass is 9.55. The highest BCUT2D eigenvalue weighted by Crippen LogP contribution is 2.53. The van der Waals surface area contributed by atoms with Gasteiger partial charge in [-0.3, -0.25) is 9.48 Å². The normalized spacial score (nSPS) is 26.6. The SMILES string of the molecule is CCO[C@H]1C[C@@H](NC(=O)CCn2cncn2)C12CCCCC2. The third kappa shape index (κ3) is 3.02. The van der Waals surface area contributed by atoms with Crippen molar-refractivity contribution in [2.75, 3.05) is 6.61 Å². The van der Waals surface area contributed by atoms with Gasteiger partial charge in [-0.05, 0) is 26.2 Å². The fraction of sp³-hybridized carbons (Fsp3) is 0.812. The number of ether oxygens (including phenoxy) is 1. The highest BCUT2D eigenvalue weighted by Gasteiger charge is 2.55.